The summed E-state index contributed by atoms with van der Waals surface area (Å²) in [4.78, 5) is 0.335. The standard InChI is InChI=1S/C24H27NO2S/c1-16-9-11-20(19(15-16)24(2,3)4)26-13-14-27-21-12-10-17-7-5-6-8-18(17)22(21)23(25)28/h5-12,15H,13-14H2,1-4H3,(H2,25,28). The molecule has 0 saturated heterocycles. The van der Waals surface area contributed by atoms with Crippen LogP contribution < -0.4 is 15.2 Å². The molecule has 3 aromatic carbocycles. The van der Waals surface area contributed by atoms with Crippen LogP contribution in [-0.2, 0) is 5.41 Å². The van der Waals surface area contributed by atoms with Gasteiger partial charge in [0, 0.05) is 0 Å². The first-order valence-corrected chi connectivity index (χ1v) is 9.86. The summed E-state index contributed by atoms with van der Waals surface area (Å²) in [5.74, 6) is 1.59. The molecule has 0 unspecified atom stereocenters. The summed E-state index contributed by atoms with van der Waals surface area (Å²) >= 11 is 5.27. The summed E-state index contributed by atoms with van der Waals surface area (Å²) < 4.78 is 12.0. The maximum atomic E-state index is 6.04. The Hall–Kier alpha value is -2.59. The summed E-state index contributed by atoms with van der Waals surface area (Å²) in [6.07, 6.45) is 0. The molecule has 0 fully saturated rings. The Bertz CT molecular complexity index is 1010. The Labute approximate surface area is 172 Å². The van der Waals surface area contributed by atoms with E-state index in [9.17, 15) is 0 Å². The second-order valence-corrected chi connectivity index (χ2v) is 8.41. The van der Waals surface area contributed by atoms with Gasteiger partial charge in [-0.15, -0.1) is 0 Å². The highest BCUT2D eigenvalue weighted by molar-refractivity contribution is 7.80. The molecule has 2 N–H and O–H groups in total. The van der Waals surface area contributed by atoms with E-state index in [1.807, 2.05) is 42.5 Å². The number of nitrogens with two attached hydrogens (primary N) is 1. The molecule has 0 saturated carbocycles. The van der Waals surface area contributed by atoms with Crippen molar-refractivity contribution in [3.05, 3.63) is 71.3 Å². The fourth-order valence-electron chi connectivity index (χ4n) is 3.29. The third-order valence-corrected chi connectivity index (χ3v) is 4.88. The lowest BCUT2D eigenvalue weighted by Gasteiger charge is -2.23. The highest BCUT2D eigenvalue weighted by Gasteiger charge is 2.19. The van der Waals surface area contributed by atoms with Crippen LogP contribution in [0.4, 0.5) is 0 Å². The Kier molecular flexibility index (Phi) is 5.90. The first-order valence-electron chi connectivity index (χ1n) is 9.45. The quantitative estimate of drug-likeness (QED) is 0.441. The molecule has 0 bridgehead atoms. The Morgan fingerprint density at radius 1 is 0.929 bits per heavy atom. The maximum Gasteiger partial charge on any atom is 0.130 e. The molecule has 0 aromatic heterocycles. The van der Waals surface area contributed by atoms with Gasteiger partial charge in [-0.05, 0) is 40.8 Å². The normalized spacial score (nSPS) is 11.4. The second kappa shape index (κ2) is 8.19. The van der Waals surface area contributed by atoms with Crippen LogP contribution in [0.25, 0.3) is 10.8 Å². The van der Waals surface area contributed by atoms with Crippen LogP contribution in [0.2, 0.25) is 0 Å². The number of fused-ring (bicyclic) bond motifs is 1. The van der Waals surface area contributed by atoms with E-state index in [0.29, 0.717) is 24.0 Å². The number of hydrogen-bond donors (Lipinski definition) is 1. The highest BCUT2D eigenvalue weighted by Crippen LogP contribution is 2.32. The number of benzene rings is 3. The predicted octanol–water partition coefficient (Wildman–Crippen LogP) is 5.54. The first kappa shape index (κ1) is 20.2. The van der Waals surface area contributed by atoms with Crippen LogP contribution in [0, 0.1) is 6.92 Å². The van der Waals surface area contributed by atoms with E-state index in [-0.39, 0.29) is 5.41 Å². The highest BCUT2D eigenvalue weighted by atomic mass is 32.1. The fraction of sp³-hybridized carbons (Fsp3) is 0.292. The molecule has 28 heavy (non-hydrogen) atoms. The van der Waals surface area contributed by atoms with Crippen molar-refractivity contribution in [2.75, 3.05) is 13.2 Å². The van der Waals surface area contributed by atoms with Gasteiger partial charge in [0.15, 0.2) is 0 Å². The van der Waals surface area contributed by atoms with Crippen LogP contribution >= 0.6 is 12.2 Å². The Morgan fingerprint density at radius 2 is 1.57 bits per heavy atom. The zero-order chi connectivity index (χ0) is 20.3. The lowest BCUT2D eigenvalue weighted by molar-refractivity contribution is 0.214. The summed E-state index contributed by atoms with van der Waals surface area (Å²) in [7, 11) is 0. The van der Waals surface area contributed by atoms with Crippen molar-refractivity contribution in [1.82, 2.24) is 0 Å². The van der Waals surface area contributed by atoms with Crippen LogP contribution in [0.15, 0.2) is 54.6 Å². The molecular weight excluding hydrogens is 366 g/mol. The lowest BCUT2D eigenvalue weighted by Crippen LogP contribution is -2.17. The van der Waals surface area contributed by atoms with Crippen molar-refractivity contribution in [1.29, 1.82) is 0 Å². The molecular formula is C24H27NO2S. The molecule has 3 nitrogen and oxygen atoms in total. The van der Waals surface area contributed by atoms with E-state index in [1.165, 1.54) is 11.1 Å². The molecule has 0 aliphatic carbocycles. The van der Waals surface area contributed by atoms with E-state index < -0.39 is 0 Å². The van der Waals surface area contributed by atoms with Crippen molar-refractivity contribution in [3.8, 4) is 11.5 Å². The molecule has 0 heterocycles. The van der Waals surface area contributed by atoms with E-state index in [1.54, 1.807) is 0 Å². The van der Waals surface area contributed by atoms with Gasteiger partial charge >= 0.3 is 0 Å². The minimum absolute atomic E-state index is 0.0134. The number of aryl methyl sites for hydroxylation is 1. The van der Waals surface area contributed by atoms with Crippen LogP contribution in [0.5, 0.6) is 11.5 Å². The van der Waals surface area contributed by atoms with Gasteiger partial charge in [-0.1, -0.05) is 81.0 Å². The third kappa shape index (κ3) is 4.45. The number of thiocarbonyl (C=S) groups is 1. The van der Waals surface area contributed by atoms with Gasteiger partial charge < -0.3 is 15.2 Å². The second-order valence-electron chi connectivity index (χ2n) is 7.97. The van der Waals surface area contributed by atoms with Crippen LogP contribution in [0.3, 0.4) is 0 Å². The molecule has 3 rings (SSSR count). The van der Waals surface area contributed by atoms with E-state index in [2.05, 4.69) is 39.8 Å². The molecule has 4 heteroatoms. The monoisotopic (exact) mass is 393 g/mol. The molecule has 0 aliphatic rings. The van der Waals surface area contributed by atoms with E-state index in [0.717, 1.165) is 22.1 Å². The maximum absolute atomic E-state index is 6.04. The van der Waals surface area contributed by atoms with Crippen molar-refractivity contribution in [2.24, 2.45) is 5.73 Å². The first-order chi connectivity index (χ1) is 13.3. The zero-order valence-corrected chi connectivity index (χ0v) is 17.7. The van der Waals surface area contributed by atoms with E-state index in [4.69, 9.17) is 27.4 Å². The average Bonchev–Trinajstić information content (AvgIpc) is 2.64. The summed E-state index contributed by atoms with van der Waals surface area (Å²) in [5, 5.41) is 2.09. The van der Waals surface area contributed by atoms with Crippen molar-refractivity contribution in [2.45, 2.75) is 33.1 Å². The molecule has 146 valence electrons. The van der Waals surface area contributed by atoms with Gasteiger partial charge in [-0.2, -0.15) is 0 Å². The van der Waals surface area contributed by atoms with Crippen molar-refractivity contribution in [3.63, 3.8) is 0 Å². The van der Waals surface area contributed by atoms with Gasteiger partial charge in [-0.25, -0.2) is 0 Å². The number of ether oxygens (including phenoxy) is 2. The molecule has 0 spiro atoms. The van der Waals surface area contributed by atoms with Gasteiger partial charge in [0.2, 0.25) is 0 Å². The van der Waals surface area contributed by atoms with Crippen molar-refractivity contribution >= 4 is 28.0 Å². The van der Waals surface area contributed by atoms with Gasteiger partial charge in [0.25, 0.3) is 0 Å². The van der Waals surface area contributed by atoms with Crippen LogP contribution in [0.1, 0.15) is 37.5 Å². The predicted molar refractivity (Wildman–Crippen MR) is 121 cm³/mol. The summed E-state index contributed by atoms with van der Waals surface area (Å²) in [6.45, 7) is 9.51. The van der Waals surface area contributed by atoms with Gasteiger partial charge in [0.05, 0.1) is 5.56 Å². The molecule has 0 aliphatic heterocycles. The summed E-state index contributed by atoms with van der Waals surface area (Å²) in [5.41, 5.74) is 9.19. The largest absolute Gasteiger partial charge is 0.490 e. The fourth-order valence-corrected chi connectivity index (χ4v) is 3.50. The molecule has 0 atom stereocenters. The van der Waals surface area contributed by atoms with E-state index >= 15 is 0 Å². The average molecular weight is 394 g/mol. The minimum atomic E-state index is 0.0134. The summed E-state index contributed by atoms with van der Waals surface area (Å²) in [6, 6.07) is 18.2. The third-order valence-electron chi connectivity index (χ3n) is 4.68. The van der Waals surface area contributed by atoms with Gasteiger partial charge in [-0.3, -0.25) is 0 Å². The number of rotatable bonds is 6. The zero-order valence-electron chi connectivity index (χ0n) is 16.9. The minimum Gasteiger partial charge on any atom is -0.490 e. The number of hydrogen-bond acceptors (Lipinski definition) is 3. The lowest BCUT2D eigenvalue weighted by atomic mass is 9.85. The van der Waals surface area contributed by atoms with Crippen LogP contribution in [-0.4, -0.2) is 18.2 Å². The smallest absolute Gasteiger partial charge is 0.130 e. The molecule has 3 aromatic rings. The SMILES string of the molecule is Cc1ccc(OCCOc2ccc3ccccc3c2C(N)=S)c(C(C)(C)C)c1. The Morgan fingerprint density at radius 3 is 2.25 bits per heavy atom. The Balaban J connectivity index is 1.73. The molecule has 0 amide bonds. The topological polar surface area (TPSA) is 44.5 Å². The van der Waals surface area contributed by atoms with Gasteiger partial charge in [0.1, 0.15) is 29.7 Å². The molecule has 0 radical (unpaired) electrons. The van der Waals surface area contributed by atoms with Crippen molar-refractivity contribution < 1.29 is 9.47 Å².